The highest BCUT2D eigenvalue weighted by Crippen LogP contribution is 2.23. The summed E-state index contributed by atoms with van der Waals surface area (Å²) in [4.78, 5) is 14.6. The molecule has 1 N–H and O–H groups in total. The number of carbonyl (C=O) groups is 1. The smallest absolute Gasteiger partial charge is 0.241 e. The molecule has 0 radical (unpaired) electrons. The molecule has 1 amide bonds. The number of hydrogen-bond donors (Lipinski definition) is 1. The summed E-state index contributed by atoms with van der Waals surface area (Å²) in [6.45, 7) is 11.0. The maximum Gasteiger partial charge on any atom is 0.241 e. The molecule has 3 nitrogen and oxygen atoms in total. The van der Waals surface area contributed by atoms with Crippen LogP contribution in [-0.2, 0) is 4.79 Å². The second-order valence-electron chi connectivity index (χ2n) is 6.01. The second-order valence-corrected chi connectivity index (χ2v) is 6.01. The topological polar surface area (TPSA) is 32.3 Å². The molecule has 0 saturated carbocycles. The Bertz CT molecular complexity index is 265. The Morgan fingerprint density at radius 2 is 1.94 bits per heavy atom. The first kappa shape index (κ1) is 15.5. The summed E-state index contributed by atoms with van der Waals surface area (Å²) in [5.74, 6) is 0.962. The highest BCUT2D eigenvalue weighted by atomic mass is 16.2. The number of unbranched alkanes of at least 4 members (excludes halogenated alkanes) is 1. The number of nitrogens with one attached hydrogen (secondary N) is 1. The molecule has 0 aromatic heterocycles. The zero-order chi connectivity index (χ0) is 13.7. The summed E-state index contributed by atoms with van der Waals surface area (Å²) in [6.07, 6.45) is 5.60. The van der Waals surface area contributed by atoms with Gasteiger partial charge in [-0.1, -0.05) is 40.5 Å². The van der Waals surface area contributed by atoms with Crippen LogP contribution in [0.3, 0.4) is 0 Å². The Morgan fingerprint density at radius 3 is 2.44 bits per heavy atom. The van der Waals surface area contributed by atoms with E-state index in [4.69, 9.17) is 0 Å². The molecule has 0 aromatic carbocycles. The quantitative estimate of drug-likeness (QED) is 0.757. The van der Waals surface area contributed by atoms with E-state index in [0.717, 1.165) is 32.1 Å². The largest absolute Gasteiger partial charge is 0.323 e. The van der Waals surface area contributed by atoms with Gasteiger partial charge in [0.25, 0.3) is 0 Å². The fourth-order valence-electron chi connectivity index (χ4n) is 2.97. The maximum atomic E-state index is 12.5. The van der Waals surface area contributed by atoms with Gasteiger partial charge in [-0.25, -0.2) is 0 Å². The van der Waals surface area contributed by atoms with Crippen LogP contribution < -0.4 is 5.32 Å². The molecule has 0 bridgehead atoms. The number of nitrogens with zero attached hydrogens (tertiary/aromatic N) is 1. The highest BCUT2D eigenvalue weighted by molar-refractivity contribution is 5.84. The fraction of sp³-hybridized carbons (Fsp3) is 0.933. The third-order valence-electron chi connectivity index (χ3n) is 3.80. The van der Waals surface area contributed by atoms with Gasteiger partial charge in [0.2, 0.25) is 5.91 Å². The Kier molecular flexibility index (Phi) is 6.13. The molecule has 1 saturated heterocycles. The summed E-state index contributed by atoms with van der Waals surface area (Å²) in [6, 6.07) is 0.408. The van der Waals surface area contributed by atoms with Crippen LogP contribution in [0.25, 0.3) is 0 Å². The Hall–Kier alpha value is -0.570. The highest BCUT2D eigenvalue weighted by Gasteiger charge is 2.39. The molecule has 0 aliphatic carbocycles. The van der Waals surface area contributed by atoms with Gasteiger partial charge in [0.1, 0.15) is 0 Å². The van der Waals surface area contributed by atoms with Crippen molar-refractivity contribution in [1.29, 1.82) is 0 Å². The molecule has 1 aliphatic rings. The summed E-state index contributed by atoms with van der Waals surface area (Å²) in [5, 5.41) is 3.51. The van der Waals surface area contributed by atoms with Crippen molar-refractivity contribution in [2.75, 3.05) is 0 Å². The van der Waals surface area contributed by atoms with Crippen molar-refractivity contribution in [3.05, 3.63) is 0 Å². The van der Waals surface area contributed by atoms with Crippen molar-refractivity contribution in [3.8, 4) is 0 Å². The molecule has 3 unspecified atom stereocenters. The van der Waals surface area contributed by atoms with E-state index in [2.05, 4.69) is 44.8 Å². The van der Waals surface area contributed by atoms with E-state index in [0.29, 0.717) is 17.9 Å². The Balaban J connectivity index is 2.66. The van der Waals surface area contributed by atoms with Crippen LogP contribution in [0.2, 0.25) is 0 Å². The average Bonchev–Trinajstić information content (AvgIpc) is 2.62. The minimum atomic E-state index is 0.0597. The molecular weight excluding hydrogens is 224 g/mol. The normalized spacial score (nSPS) is 26.1. The summed E-state index contributed by atoms with van der Waals surface area (Å²) >= 11 is 0. The van der Waals surface area contributed by atoms with E-state index in [9.17, 15) is 4.79 Å². The molecule has 0 spiro atoms. The van der Waals surface area contributed by atoms with E-state index in [1.807, 2.05) is 0 Å². The maximum absolute atomic E-state index is 12.5. The number of hydrogen-bond acceptors (Lipinski definition) is 2. The predicted molar refractivity (Wildman–Crippen MR) is 76.3 cm³/mol. The van der Waals surface area contributed by atoms with Gasteiger partial charge in [-0.15, -0.1) is 0 Å². The van der Waals surface area contributed by atoms with Crippen molar-refractivity contribution in [3.63, 3.8) is 0 Å². The van der Waals surface area contributed by atoms with Crippen LogP contribution in [0.15, 0.2) is 0 Å². The molecule has 1 fully saturated rings. The van der Waals surface area contributed by atoms with E-state index < -0.39 is 0 Å². The molecule has 1 aliphatic heterocycles. The van der Waals surface area contributed by atoms with E-state index in [1.54, 1.807) is 0 Å². The van der Waals surface area contributed by atoms with Gasteiger partial charge in [-0.05, 0) is 32.1 Å². The predicted octanol–water partition coefficient (Wildman–Crippen LogP) is 3.15. The first-order valence-corrected chi connectivity index (χ1v) is 7.59. The lowest BCUT2D eigenvalue weighted by Gasteiger charge is -2.30. The van der Waals surface area contributed by atoms with E-state index >= 15 is 0 Å². The third-order valence-corrected chi connectivity index (χ3v) is 3.80. The van der Waals surface area contributed by atoms with Gasteiger partial charge in [0, 0.05) is 6.04 Å². The fourth-order valence-corrected chi connectivity index (χ4v) is 2.97. The minimum Gasteiger partial charge on any atom is -0.323 e. The van der Waals surface area contributed by atoms with Crippen molar-refractivity contribution in [2.45, 2.75) is 85.0 Å². The van der Waals surface area contributed by atoms with E-state index in [1.165, 1.54) is 0 Å². The van der Waals surface area contributed by atoms with Crippen molar-refractivity contribution in [1.82, 2.24) is 10.2 Å². The standard InChI is InChI=1S/C15H30N2O/c1-6-8-9-13-15(18)17(14(7-2)16-13)12(5)10-11(3)4/h11-14,16H,6-10H2,1-5H3. The van der Waals surface area contributed by atoms with Gasteiger partial charge in [0.15, 0.2) is 0 Å². The van der Waals surface area contributed by atoms with Crippen LogP contribution in [0.1, 0.15) is 66.7 Å². The zero-order valence-electron chi connectivity index (χ0n) is 12.7. The van der Waals surface area contributed by atoms with Gasteiger partial charge in [-0.2, -0.15) is 0 Å². The lowest BCUT2D eigenvalue weighted by Crippen LogP contribution is -2.43. The lowest BCUT2D eigenvalue weighted by atomic mass is 10.0. The SMILES string of the molecule is CCCCC1NC(CC)N(C(C)CC(C)C)C1=O. The third kappa shape index (κ3) is 3.71. The van der Waals surface area contributed by atoms with Crippen molar-refractivity contribution in [2.24, 2.45) is 5.92 Å². The number of carbonyl (C=O) groups excluding carboxylic acids is 1. The first-order chi connectivity index (χ1) is 8.51. The molecule has 18 heavy (non-hydrogen) atoms. The summed E-state index contributed by atoms with van der Waals surface area (Å²) in [7, 11) is 0. The number of rotatable bonds is 7. The van der Waals surface area contributed by atoms with Gasteiger partial charge < -0.3 is 4.90 Å². The van der Waals surface area contributed by atoms with Crippen LogP contribution in [-0.4, -0.2) is 29.1 Å². The first-order valence-electron chi connectivity index (χ1n) is 7.59. The Morgan fingerprint density at radius 1 is 1.28 bits per heavy atom. The van der Waals surface area contributed by atoms with E-state index in [-0.39, 0.29) is 12.2 Å². The van der Waals surface area contributed by atoms with Crippen LogP contribution in [0.5, 0.6) is 0 Å². The van der Waals surface area contributed by atoms with Gasteiger partial charge in [-0.3, -0.25) is 10.1 Å². The van der Waals surface area contributed by atoms with Gasteiger partial charge in [0.05, 0.1) is 12.2 Å². The monoisotopic (exact) mass is 254 g/mol. The number of amides is 1. The molecule has 1 rings (SSSR count). The Labute approximate surface area is 112 Å². The molecule has 1 heterocycles. The minimum absolute atomic E-state index is 0.0597. The van der Waals surface area contributed by atoms with Crippen LogP contribution >= 0.6 is 0 Å². The van der Waals surface area contributed by atoms with Crippen molar-refractivity contribution < 1.29 is 4.79 Å². The van der Waals surface area contributed by atoms with Crippen LogP contribution in [0.4, 0.5) is 0 Å². The average molecular weight is 254 g/mol. The van der Waals surface area contributed by atoms with Gasteiger partial charge >= 0.3 is 0 Å². The molecule has 0 aromatic rings. The summed E-state index contributed by atoms with van der Waals surface area (Å²) < 4.78 is 0. The summed E-state index contributed by atoms with van der Waals surface area (Å²) in [5.41, 5.74) is 0. The van der Waals surface area contributed by atoms with Crippen LogP contribution in [0, 0.1) is 5.92 Å². The zero-order valence-corrected chi connectivity index (χ0v) is 12.7. The molecular formula is C15H30N2O. The lowest BCUT2D eigenvalue weighted by molar-refractivity contribution is -0.132. The molecule has 3 heteroatoms. The molecule has 3 atom stereocenters. The second kappa shape index (κ2) is 7.13. The van der Waals surface area contributed by atoms with Crippen molar-refractivity contribution >= 4 is 5.91 Å². The molecule has 106 valence electrons.